The second-order valence-electron chi connectivity index (χ2n) is 14.2. The molecule has 3 saturated heterocycles. The van der Waals surface area contributed by atoms with Crippen molar-refractivity contribution >= 4 is 25.0 Å². The van der Waals surface area contributed by atoms with E-state index in [2.05, 4.69) is 49.9 Å². The van der Waals surface area contributed by atoms with Crippen LogP contribution in [0.5, 0.6) is 5.75 Å². The highest BCUT2D eigenvalue weighted by Crippen LogP contribution is 2.52. The van der Waals surface area contributed by atoms with Crippen molar-refractivity contribution in [1.29, 1.82) is 0 Å². The van der Waals surface area contributed by atoms with Gasteiger partial charge in [-0.2, -0.15) is 0 Å². The maximum atomic E-state index is 14.3. The SMILES string of the molecule is CCC/C(=C\c1ccc(O)c(F)c1)CC[C@H]1OB(O)C[C@H]2C1=C(C(C)C)C[C@H]1C(=O)N(C3CCN(Cc4ccccc4)CC3)C(=O)[C@H]12. The van der Waals surface area contributed by atoms with E-state index in [0.29, 0.717) is 31.1 Å². The Hall–Kier alpha value is -3.27. The first-order chi connectivity index (χ1) is 22.6. The highest BCUT2D eigenvalue weighted by Gasteiger charge is 2.58. The fraction of sp³-hybridized carbons (Fsp3) is 0.526. The average molecular weight is 643 g/mol. The summed E-state index contributed by atoms with van der Waals surface area (Å²) in [7, 11) is -1.01. The second-order valence-corrected chi connectivity index (χ2v) is 14.2. The van der Waals surface area contributed by atoms with Crippen LogP contribution in [-0.2, 0) is 20.8 Å². The third kappa shape index (κ3) is 7.13. The number of hydrogen-bond acceptors (Lipinski definition) is 6. The van der Waals surface area contributed by atoms with Gasteiger partial charge in [-0.25, -0.2) is 4.39 Å². The molecule has 3 heterocycles. The number of amides is 2. The van der Waals surface area contributed by atoms with Gasteiger partial charge in [-0.1, -0.05) is 80.8 Å². The minimum Gasteiger partial charge on any atom is -0.505 e. The van der Waals surface area contributed by atoms with Crippen molar-refractivity contribution in [3.8, 4) is 5.75 Å². The maximum absolute atomic E-state index is 14.3. The van der Waals surface area contributed by atoms with Crippen molar-refractivity contribution in [3.63, 3.8) is 0 Å². The fourth-order valence-electron chi connectivity index (χ4n) is 8.57. The van der Waals surface area contributed by atoms with E-state index in [1.165, 1.54) is 23.3 Å². The van der Waals surface area contributed by atoms with Gasteiger partial charge in [0.1, 0.15) is 0 Å². The molecule has 7 nitrogen and oxygen atoms in total. The molecule has 2 amide bonds. The van der Waals surface area contributed by atoms with Crippen LogP contribution < -0.4 is 0 Å². The Kier molecular flexibility index (Phi) is 10.3. The van der Waals surface area contributed by atoms with E-state index in [1.807, 2.05) is 12.1 Å². The van der Waals surface area contributed by atoms with Crippen LogP contribution >= 0.6 is 0 Å². The van der Waals surface area contributed by atoms with Gasteiger partial charge in [0.15, 0.2) is 11.6 Å². The molecule has 47 heavy (non-hydrogen) atoms. The lowest BCUT2D eigenvalue weighted by molar-refractivity contribution is -0.144. The number of carbonyl (C=O) groups excluding carboxylic acids is 2. The molecule has 0 saturated carbocycles. The maximum Gasteiger partial charge on any atom is 0.455 e. The van der Waals surface area contributed by atoms with Gasteiger partial charge in [-0.15, -0.1) is 0 Å². The van der Waals surface area contributed by atoms with Crippen LogP contribution in [0, 0.1) is 29.5 Å². The quantitative estimate of drug-likeness (QED) is 0.172. The van der Waals surface area contributed by atoms with Gasteiger partial charge in [-0.3, -0.25) is 19.4 Å². The largest absolute Gasteiger partial charge is 0.505 e. The molecule has 250 valence electrons. The Bertz CT molecular complexity index is 1520. The summed E-state index contributed by atoms with van der Waals surface area (Å²) >= 11 is 0. The smallest absolute Gasteiger partial charge is 0.455 e. The van der Waals surface area contributed by atoms with Gasteiger partial charge in [-0.05, 0) is 85.5 Å². The highest BCUT2D eigenvalue weighted by molar-refractivity contribution is 6.43. The number of likely N-dealkylation sites (tertiary alicyclic amines) is 2. The molecule has 6 rings (SSSR count). The van der Waals surface area contributed by atoms with E-state index < -0.39 is 18.9 Å². The first-order valence-corrected chi connectivity index (χ1v) is 17.5. The molecule has 1 aliphatic carbocycles. The predicted molar refractivity (Wildman–Crippen MR) is 181 cm³/mol. The number of piperidine rings is 1. The lowest BCUT2D eigenvalue weighted by atomic mass is 9.57. The summed E-state index contributed by atoms with van der Waals surface area (Å²) in [5, 5.41) is 20.6. The number of carbonyl (C=O) groups is 2. The first kappa shape index (κ1) is 33.6. The summed E-state index contributed by atoms with van der Waals surface area (Å²) in [5.74, 6) is -2.03. The molecule has 4 aliphatic rings. The molecule has 2 aromatic carbocycles. The van der Waals surface area contributed by atoms with E-state index in [-0.39, 0.29) is 47.5 Å². The molecule has 4 atom stereocenters. The Morgan fingerprint density at radius 1 is 1.06 bits per heavy atom. The molecule has 9 heteroatoms. The van der Waals surface area contributed by atoms with Gasteiger partial charge in [0, 0.05) is 25.7 Å². The number of imide groups is 1. The summed E-state index contributed by atoms with van der Waals surface area (Å²) in [6.45, 7) is 8.94. The van der Waals surface area contributed by atoms with Crippen molar-refractivity contribution in [3.05, 3.63) is 82.2 Å². The van der Waals surface area contributed by atoms with E-state index in [4.69, 9.17) is 4.65 Å². The summed E-state index contributed by atoms with van der Waals surface area (Å²) in [6, 6.07) is 14.7. The zero-order valence-electron chi connectivity index (χ0n) is 27.9. The monoisotopic (exact) mass is 642 g/mol. The predicted octanol–water partition coefficient (Wildman–Crippen LogP) is 6.61. The molecule has 0 unspecified atom stereocenters. The number of allylic oxidation sites excluding steroid dienone is 2. The van der Waals surface area contributed by atoms with Crippen LogP contribution in [0.2, 0.25) is 6.32 Å². The molecule has 0 radical (unpaired) electrons. The summed E-state index contributed by atoms with van der Waals surface area (Å²) in [6.07, 6.45) is 7.09. The van der Waals surface area contributed by atoms with Gasteiger partial charge in [0.05, 0.1) is 17.9 Å². The standard InChI is InChI=1S/C38H48BFN2O5/c1-4-8-25(19-27-11-13-33(43)32(40)20-27)12-14-34-35-29(24(2)3)21-30-36(31(35)22-39(46)47-34)38(45)42(37(30)44)28-15-17-41(18-16-28)23-26-9-6-5-7-10-26/h5-7,9-11,13,19-20,24,28,30-31,34,36,43,46H,4,8,12,14-18,21-23H2,1-3H3/b25-19+/t30-,31+,34-,36-/m1/s1. The van der Waals surface area contributed by atoms with Crippen LogP contribution in [0.25, 0.3) is 6.08 Å². The highest BCUT2D eigenvalue weighted by atomic mass is 19.1. The summed E-state index contributed by atoms with van der Waals surface area (Å²) < 4.78 is 20.3. The lowest BCUT2D eigenvalue weighted by Crippen LogP contribution is -2.48. The third-order valence-electron chi connectivity index (χ3n) is 10.8. The molecular formula is C38H48BFN2O5. The number of nitrogens with zero attached hydrogens (tertiary/aromatic N) is 2. The molecular weight excluding hydrogens is 594 g/mol. The van der Waals surface area contributed by atoms with Gasteiger partial charge in [0.25, 0.3) is 0 Å². The van der Waals surface area contributed by atoms with Crippen molar-refractivity contribution in [2.75, 3.05) is 13.1 Å². The van der Waals surface area contributed by atoms with E-state index in [0.717, 1.165) is 56.5 Å². The average Bonchev–Trinajstić information content (AvgIpc) is 3.31. The lowest BCUT2D eigenvalue weighted by Gasteiger charge is -2.44. The van der Waals surface area contributed by atoms with Crippen LogP contribution in [0.15, 0.2) is 65.3 Å². The molecule has 2 N–H and O–H groups in total. The number of aromatic hydroxyl groups is 1. The Labute approximate surface area is 278 Å². The zero-order chi connectivity index (χ0) is 33.2. The van der Waals surface area contributed by atoms with Crippen molar-refractivity contribution < 1.29 is 28.8 Å². The van der Waals surface area contributed by atoms with E-state index in [9.17, 15) is 24.1 Å². The van der Waals surface area contributed by atoms with Crippen LogP contribution in [-0.4, -0.2) is 64.1 Å². The number of halogens is 1. The normalized spacial score (nSPS) is 26.0. The third-order valence-corrected chi connectivity index (χ3v) is 10.8. The van der Waals surface area contributed by atoms with Gasteiger partial charge >= 0.3 is 7.12 Å². The summed E-state index contributed by atoms with van der Waals surface area (Å²) in [5.41, 5.74) is 5.39. The van der Waals surface area contributed by atoms with E-state index in [1.54, 1.807) is 11.0 Å². The van der Waals surface area contributed by atoms with E-state index >= 15 is 0 Å². The molecule has 3 aliphatic heterocycles. The number of benzene rings is 2. The van der Waals surface area contributed by atoms with Gasteiger partial charge < -0.3 is 14.8 Å². The number of phenols is 1. The number of fused-ring (bicyclic) bond motifs is 3. The fourth-order valence-corrected chi connectivity index (χ4v) is 8.57. The molecule has 0 aromatic heterocycles. The number of rotatable bonds is 10. The van der Waals surface area contributed by atoms with Crippen molar-refractivity contribution in [2.24, 2.45) is 23.7 Å². The minimum absolute atomic E-state index is 0.0365. The Balaban J connectivity index is 1.19. The zero-order valence-corrected chi connectivity index (χ0v) is 27.9. The van der Waals surface area contributed by atoms with Crippen LogP contribution in [0.3, 0.4) is 0 Å². The molecule has 0 bridgehead atoms. The number of phenolic OH excluding ortho intramolecular Hbond substituents is 1. The van der Waals surface area contributed by atoms with Crippen LogP contribution in [0.1, 0.15) is 76.8 Å². The second kappa shape index (κ2) is 14.5. The van der Waals surface area contributed by atoms with Crippen molar-refractivity contribution in [2.45, 2.75) is 90.7 Å². The molecule has 0 spiro atoms. The number of hydrogen-bond donors (Lipinski definition) is 2. The molecule has 2 aromatic rings. The topological polar surface area (TPSA) is 90.3 Å². The van der Waals surface area contributed by atoms with Crippen LogP contribution in [0.4, 0.5) is 4.39 Å². The minimum atomic E-state index is -1.01. The first-order valence-electron chi connectivity index (χ1n) is 17.5. The Morgan fingerprint density at radius 2 is 1.81 bits per heavy atom. The van der Waals surface area contributed by atoms with Gasteiger partial charge in [0.2, 0.25) is 11.8 Å². The summed E-state index contributed by atoms with van der Waals surface area (Å²) in [4.78, 5) is 32.3. The van der Waals surface area contributed by atoms with Crippen molar-refractivity contribution in [1.82, 2.24) is 9.80 Å². The molecule has 3 fully saturated rings. The Morgan fingerprint density at radius 3 is 2.49 bits per heavy atom.